The summed E-state index contributed by atoms with van der Waals surface area (Å²) in [7, 11) is 2.13. The summed E-state index contributed by atoms with van der Waals surface area (Å²) in [6.45, 7) is 3.06. The molecule has 3 aromatic rings. The van der Waals surface area contributed by atoms with Crippen LogP contribution in [0.1, 0.15) is 23.5 Å². The van der Waals surface area contributed by atoms with Gasteiger partial charge in [0.25, 0.3) is 0 Å². The van der Waals surface area contributed by atoms with E-state index >= 15 is 0 Å². The van der Waals surface area contributed by atoms with E-state index < -0.39 is 0 Å². The molecule has 0 N–H and O–H groups in total. The zero-order valence-corrected chi connectivity index (χ0v) is 13.7. The second-order valence-electron chi connectivity index (χ2n) is 5.22. The van der Waals surface area contributed by atoms with Crippen LogP contribution in [-0.2, 0) is 6.54 Å². The average Bonchev–Trinajstić information content (AvgIpc) is 2.89. The van der Waals surface area contributed by atoms with Crippen LogP contribution < -0.4 is 0 Å². The first-order valence-electron chi connectivity index (χ1n) is 6.93. The van der Waals surface area contributed by atoms with Crippen LogP contribution in [0.4, 0.5) is 0 Å². The quantitative estimate of drug-likeness (QED) is 0.662. The first-order chi connectivity index (χ1) is 10.1. The molecule has 0 aliphatic heterocycles. The topological polar surface area (TPSA) is 16.1 Å². The summed E-state index contributed by atoms with van der Waals surface area (Å²) in [6.07, 6.45) is 0. The molecular weight excluding hydrogens is 300 g/mol. The maximum absolute atomic E-state index is 5.95. The van der Waals surface area contributed by atoms with Gasteiger partial charge in [-0.25, -0.2) is 4.98 Å². The zero-order chi connectivity index (χ0) is 14.8. The fourth-order valence-corrected chi connectivity index (χ4v) is 3.49. The molecule has 0 amide bonds. The largest absolute Gasteiger partial charge is 0.293 e. The van der Waals surface area contributed by atoms with E-state index in [2.05, 4.69) is 49.2 Å². The van der Waals surface area contributed by atoms with Crippen molar-refractivity contribution in [2.24, 2.45) is 0 Å². The van der Waals surface area contributed by atoms with Crippen LogP contribution in [0.15, 0.2) is 48.5 Å². The Morgan fingerprint density at radius 1 is 1.14 bits per heavy atom. The van der Waals surface area contributed by atoms with Crippen LogP contribution in [-0.4, -0.2) is 16.9 Å². The third-order valence-corrected chi connectivity index (χ3v) is 5.01. The van der Waals surface area contributed by atoms with Gasteiger partial charge in [-0.2, -0.15) is 0 Å². The van der Waals surface area contributed by atoms with Gasteiger partial charge in [-0.1, -0.05) is 35.9 Å². The van der Waals surface area contributed by atoms with Crippen molar-refractivity contribution >= 4 is 33.2 Å². The van der Waals surface area contributed by atoms with Gasteiger partial charge >= 0.3 is 0 Å². The lowest BCUT2D eigenvalue weighted by molar-refractivity contribution is 0.253. The van der Waals surface area contributed by atoms with E-state index in [1.165, 1.54) is 10.3 Å². The fraction of sp³-hybridized carbons (Fsp3) is 0.235. The number of halogens is 1. The molecule has 1 unspecified atom stereocenters. The molecule has 3 rings (SSSR count). The van der Waals surface area contributed by atoms with Crippen LogP contribution in [0.2, 0.25) is 5.02 Å². The van der Waals surface area contributed by atoms with E-state index in [4.69, 9.17) is 16.6 Å². The Morgan fingerprint density at radius 2 is 1.86 bits per heavy atom. The number of para-hydroxylation sites is 1. The molecule has 21 heavy (non-hydrogen) atoms. The van der Waals surface area contributed by atoms with Gasteiger partial charge < -0.3 is 0 Å². The number of aromatic nitrogens is 1. The Balaban J connectivity index is 1.75. The van der Waals surface area contributed by atoms with E-state index in [1.54, 1.807) is 11.3 Å². The maximum atomic E-state index is 5.95. The molecule has 0 saturated heterocycles. The minimum Gasteiger partial charge on any atom is -0.293 e. The third kappa shape index (κ3) is 3.26. The Labute approximate surface area is 134 Å². The molecule has 0 aliphatic rings. The van der Waals surface area contributed by atoms with E-state index in [0.717, 1.165) is 22.1 Å². The Morgan fingerprint density at radius 3 is 2.57 bits per heavy atom. The standard InChI is InChI=1S/C17H17ClN2S/c1-12(13-7-9-14(18)10-8-13)20(2)11-17-19-15-5-3-4-6-16(15)21-17/h3-10,12H,11H2,1-2H3. The third-order valence-electron chi connectivity index (χ3n) is 3.74. The Bertz CT molecular complexity index is 703. The number of thiazole rings is 1. The Kier molecular flexibility index (Phi) is 4.24. The molecule has 0 bridgehead atoms. The summed E-state index contributed by atoms with van der Waals surface area (Å²) >= 11 is 7.72. The number of hydrogen-bond donors (Lipinski definition) is 0. The molecule has 0 spiro atoms. The van der Waals surface area contributed by atoms with Gasteiger partial charge in [0.15, 0.2) is 0 Å². The number of benzene rings is 2. The van der Waals surface area contributed by atoms with Gasteiger partial charge in [-0.3, -0.25) is 4.90 Å². The molecule has 2 aromatic carbocycles. The summed E-state index contributed by atoms with van der Waals surface area (Å²) in [5.41, 5.74) is 2.35. The molecule has 1 aromatic heterocycles. The first kappa shape index (κ1) is 14.5. The molecule has 2 nitrogen and oxygen atoms in total. The van der Waals surface area contributed by atoms with Crippen LogP contribution in [0, 0.1) is 0 Å². The molecule has 4 heteroatoms. The predicted octanol–water partition coefficient (Wildman–Crippen LogP) is 5.14. The van der Waals surface area contributed by atoms with Crippen molar-refractivity contribution in [3.63, 3.8) is 0 Å². The molecular formula is C17H17ClN2S. The minimum atomic E-state index is 0.328. The van der Waals surface area contributed by atoms with Crippen molar-refractivity contribution < 1.29 is 0 Å². The predicted molar refractivity (Wildman–Crippen MR) is 91.0 cm³/mol. The van der Waals surface area contributed by atoms with Gasteiger partial charge in [0.2, 0.25) is 0 Å². The van der Waals surface area contributed by atoms with Gasteiger partial charge in [0.05, 0.1) is 16.8 Å². The lowest BCUT2D eigenvalue weighted by Crippen LogP contribution is -2.21. The normalized spacial score (nSPS) is 13.0. The molecule has 0 radical (unpaired) electrons. The molecule has 0 saturated carbocycles. The second kappa shape index (κ2) is 6.14. The molecule has 1 heterocycles. The van der Waals surface area contributed by atoms with Gasteiger partial charge in [-0.15, -0.1) is 11.3 Å². The van der Waals surface area contributed by atoms with E-state index in [9.17, 15) is 0 Å². The van der Waals surface area contributed by atoms with Crippen molar-refractivity contribution in [1.29, 1.82) is 0 Å². The first-order valence-corrected chi connectivity index (χ1v) is 8.13. The van der Waals surface area contributed by atoms with Crippen molar-refractivity contribution in [3.8, 4) is 0 Å². The van der Waals surface area contributed by atoms with Crippen molar-refractivity contribution in [1.82, 2.24) is 9.88 Å². The summed E-state index contributed by atoms with van der Waals surface area (Å²) in [5, 5.41) is 1.93. The van der Waals surface area contributed by atoms with Crippen molar-refractivity contribution in [2.75, 3.05) is 7.05 Å². The highest BCUT2D eigenvalue weighted by molar-refractivity contribution is 7.18. The summed E-state index contributed by atoms with van der Waals surface area (Å²) in [6, 6.07) is 16.7. The molecule has 0 aliphatic carbocycles. The highest BCUT2D eigenvalue weighted by Gasteiger charge is 2.14. The number of nitrogens with zero attached hydrogens (tertiary/aromatic N) is 2. The van der Waals surface area contributed by atoms with E-state index in [-0.39, 0.29) is 0 Å². The number of fused-ring (bicyclic) bond motifs is 1. The average molecular weight is 317 g/mol. The van der Waals surface area contributed by atoms with Crippen molar-refractivity contribution in [3.05, 3.63) is 64.1 Å². The minimum absolute atomic E-state index is 0.328. The van der Waals surface area contributed by atoms with Gasteiger partial charge in [-0.05, 0) is 43.8 Å². The summed E-state index contributed by atoms with van der Waals surface area (Å²) in [4.78, 5) is 7.01. The molecule has 1 atom stereocenters. The van der Waals surface area contributed by atoms with Crippen LogP contribution >= 0.6 is 22.9 Å². The smallest absolute Gasteiger partial charge is 0.108 e. The zero-order valence-electron chi connectivity index (χ0n) is 12.1. The van der Waals surface area contributed by atoms with Crippen molar-refractivity contribution in [2.45, 2.75) is 19.5 Å². The fourth-order valence-electron chi connectivity index (χ4n) is 2.33. The summed E-state index contributed by atoms with van der Waals surface area (Å²) < 4.78 is 1.25. The van der Waals surface area contributed by atoms with Crippen LogP contribution in [0.25, 0.3) is 10.2 Å². The SMILES string of the molecule is CC(c1ccc(Cl)cc1)N(C)Cc1nc2ccccc2s1. The highest BCUT2D eigenvalue weighted by Crippen LogP contribution is 2.26. The monoisotopic (exact) mass is 316 g/mol. The van der Waals surface area contributed by atoms with Crippen LogP contribution in [0.3, 0.4) is 0 Å². The highest BCUT2D eigenvalue weighted by atomic mass is 35.5. The van der Waals surface area contributed by atoms with Crippen LogP contribution in [0.5, 0.6) is 0 Å². The lowest BCUT2D eigenvalue weighted by atomic mass is 10.1. The molecule has 108 valence electrons. The van der Waals surface area contributed by atoms with Gasteiger partial charge in [0, 0.05) is 11.1 Å². The van der Waals surface area contributed by atoms with E-state index in [1.807, 2.05) is 18.2 Å². The number of rotatable bonds is 4. The second-order valence-corrected chi connectivity index (χ2v) is 6.77. The molecule has 0 fully saturated rings. The van der Waals surface area contributed by atoms with E-state index in [0.29, 0.717) is 6.04 Å². The number of hydrogen-bond acceptors (Lipinski definition) is 3. The Hall–Kier alpha value is -1.42. The summed E-state index contributed by atoms with van der Waals surface area (Å²) in [5.74, 6) is 0. The van der Waals surface area contributed by atoms with Gasteiger partial charge in [0.1, 0.15) is 5.01 Å². The lowest BCUT2D eigenvalue weighted by Gasteiger charge is -2.24. The maximum Gasteiger partial charge on any atom is 0.108 e.